The Morgan fingerprint density at radius 1 is 1.35 bits per heavy atom. The maximum absolute atomic E-state index is 4.49. The Labute approximate surface area is 161 Å². The monoisotopic (exact) mass is 448 g/mol. The molecule has 1 aromatic heterocycles. The fourth-order valence-electron chi connectivity index (χ4n) is 3.82. The highest BCUT2D eigenvalue weighted by Crippen LogP contribution is 2.35. The first kappa shape index (κ1) is 19.0. The maximum Gasteiger partial charge on any atom is 0.193 e. The lowest BCUT2D eigenvalue weighted by Gasteiger charge is -2.22. The van der Waals surface area contributed by atoms with Crippen molar-refractivity contribution in [2.24, 2.45) is 16.8 Å². The van der Waals surface area contributed by atoms with E-state index in [-0.39, 0.29) is 24.0 Å². The Hall–Kier alpha value is -0.370. The highest BCUT2D eigenvalue weighted by Gasteiger charge is 2.35. The number of likely N-dealkylation sites (tertiary alicyclic amines) is 1. The molecule has 1 aliphatic heterocycles. The molecule has 6 heteroatoms. The SMILES string of the molecule is CCc1cnc(CCNC(=NC)N2CC3CCCCC3C2)s1.I. The minimum atomic E-state index is 0. The molecule has 1 N–H and O–H groups in total. The van der Waals surface area contributed by atoms with Gasteiger partial charge in [0.2, 0.25) is 0 Å². The average Bonchev–Trinajstić information content (AvgIpc) is 3.17. The number of rotatable bonds is 4. The van der Waals surface area contributed by atoms with Gasteiger partial charge < -0.3 is 10.2 Å². The lowest BCUT2D eigenvalue weighted by molar-refractivity contribution is 0.299. The second kappa shape index (κ2) is 9.20. The molecule has 23 heavy (non-hydrogen) atoms. The molecule has 2 heterocycles. The number of aliphatic imine (C=N–C) groups is 1. The van der Waals surface area contributed by atoms with E-state index in [0.29, 0.717) is 0 Å². The fourth-order valence-corrected chi connectivity index (χ4v) is 4.68. The first-order chi connectivity index (χ1) is 10.8. The van der Waals surface area contributed by atoms with Crippen LogP contribution in [-0.2, 0) is 12.8 Å². The number of nitrogens with one attached hydrogen (secondary N) is 1. The molecule has 3 rings (SSSR count). The van der Waals surface area contributed by atoms with Gasteiger partial charge in [0.25, 0.3) is 0 Å². The molecule has 2 fully saturated rings. The van der Waals surface area contributed by atoms with E-state index in [1.165, 1.54) is 48.7 Å². The number of halogens is 1. The summed E-state index contributed by atoms with van der Waals surface area (Å²) in [7, 11) is 1.91. The van der Waals surface area contributed by atoms with E-state index in [1.54, 1.807) is 0 Å². The van der Waals surface area contributed by atoms with Crippen LogP contribution in [0, 0.1) is 11.8 Å². The lowest BCUT2D eigenvalue weighted by atomic mass is 9.82. The number of aromatic nitrogens is 1. The van der Waals surface area contributed by atoms with Gasteiger partial charge in [-0.25, -0.2) is 4.98 Å². The van der Waals surface area contributed by atoms with Gasteiger partial charge in [-0.05, 0) is 31.1 Å². The molecule has 1 aromatic rings. The van der Waals surface area contributed by atoms with Crippen molar-refractivity contribution in [3.8, 4) is 0 Å². The van der Waals surface area contributed by atoms with Gasteiger partial charge in [-0.2, -0.15) is 0 Å². The summed E-state index contributed by atoms with van der Waals surface area (Å²) in [5, 5.41) is 4.77. The van der Waals surface area contributed by atoms with Crippen LogP contribution in [0.3, 0.4) is 0 Å². The van der Waals surface area contributed by atoms with Crippen molar-refractivity contribution in [1.82, 2.24) is 15.2 Å². The van der Waals surface area contributed by atoms with E-state index in [1.807, 2.05) is 24.6 Å². The summed E-state index contributed by atoms with van der Waals surface area (Å²) < 4.78 is 0. The first-order valence-corrected chi connectivity index (χ1v) is 9.51. The highest BCUT2D eigenvalue weighted by atomic mass is 127. The number of fused-ring (bicyclic) bond motifs is 1. The topological polar surface area (TPSA) is 40.5 Å². The summed E-state index contributed by atoms with van der Waals surface area (Å²) >= 11 is 1.84. The number of hydrogen-bond acceptors (Lipinski definition) is 3. The van der Waals surface area contributed by atoms with Crippen molar-refractivity contribution in [2.45, 2.75) is 45.4 Å². The van der Waals surface area contributed by atoms with Crippen LogP contribution in [0.1, 0.15) is 42.5 Å². The Balaban J connectivity index is 0.00000192. The van der Waals surface area contributed by atoms with E-state index in [9.17, 15) is 0 Å². The van der Waals surface area contributed by atoms with Crippen LogP contribution in [0.25, 0.3) is 0 Å². The molecule has 1 saturated carbocycles. The molecule has 0 spiro atoms. The van der Waals surface area contributed by atoms with Gasteiger partial charge in [-0.3, -0.25) is 4.99 Å². The largest absolute Gasteiger partial charge is 0.356 e. The predicted octanol–water partition coefficient (Wildman–Crippen LogP) is 3.56. The van der Waals surface area contributed by atoms with Gasteiger partial charge in [-0.15, -0.1) is 35.3 Å². The molecule has 0 aromatic carbocycles. The molecule has 2 unspecified atom stereocenters. The second-order valence-electron chi connectivity index (χ2n) is 6.51. The van der Waals surface area contributed by atoms with Crippen LogP contribution in [0.5, 0.6) is 0 Å². The summed E-state index contributed by atoms with van der Waals surface area (Å²) in [6, 6.07) is 0. The van der Waals surface area contributed by atoms with Gasteiger partial charge in [0.1, 0.15) is 0 Å². The summed E-state index contributed by atoms with van der Waals surface area (Å²) in [4.78, 5) is 12.8. The van der Waals surface area contributed by atoms with Crippen LogP contribution in [0.4, 0.5) is 0 Å². The first-order valence-electron chi connectivity index (χ1n) is 8.69. The van der Waals surface area contributed by atoms with E-state index >= 15 is 0 Å². The number of hydrogen-bond donors (Lipinski definition) is 1. The molecule has 1 saturated heterocycles. The van der Waals surface area contributed by atoms with Crippen molar-refractivity contribution < 1.29 is 0 Å². The van der Waals surface area contributed by atoms with Crippen molar-refractivity contribution in [2.75, 3.05) is 26.7 Å². The Morgan fingerprint density at radius 3 is 2.61 bits per heavy atom. The molecule has 130 valence electrons. The minimum Gasteiger partial charge on any atom is -0.356 e. The molecule has 2 atom stereocenters. The van der Waals surface area contributed by atoms with E-state index in [4.69, 9.17) is 0 Å². The van der Waals surface area contributed by atoms with Crippen LogP contribution < -0.4 is 5.32 Å². The van der Waals surface area contributed by atoms with Crippen molar-refractivity contribution in [3.05, 3.63) is 16.1 Å². The van der Waals surface area contributed by atoms with Gasteiger partial charge >= 0.3 is 0 Å². The minimum absolute atomic E-state index is 0. The summed E-state index contributed by atoms with van der Waals surface area (Å²) in [5.74, 6) is 2.89. The molecular weight excluding hydrogens is 419 g/mol. The van der Waals surface area contributed by atoms with Crippen molar-refractivity contribution >= 4 is 41.3 Å². The molecule has 4 nitrogen and oxygen atoms in total. The maximum atomic E-state index is 4.49. The zero-order valence-electron chi connectivity index (χ0n) is 14.3. The third-order valence-electron chi connectivity index (χ3n) is 5.06. The lowest BCUT2D eigenvalue weighted by Crippen LogP contribution is -2.41. The van der Waals surface area contributed by atoms with Gasteiger partial charge in [0.05, 0.1) is 5.01 Å². The Bertz CT molecular complexity index is 502. The van der Waals surface area contributed by atoms with Crippen LogP contribution in [-0.4, -0.2) is 42.5 Å². The molecule has 2 aliphatic rings. The molecule has 0 radical (unpaired) electrons. The third-order valence-corrected chi connectivity index (χ3v) is 6.26. The van der Waals surface area contributed by atoms with E-state index in [0.717, 1.165) is 37.2 Å². The zero-order valence-corrected chi connectivity index (χ0v) is 17.4. The smallest absolute Gasteiger partial charge is 0.193 e. The quantitative estimate of drug-likeness (QED) is 0.435. The van der Waals surface area contributed by atoms with Crippen molar-refractivity contribution in [1.29, 1.82) is 0 Å². The van der Waals surface area contributed by atoms with Crippen LogP contribution in [0.2, 0.25) is 0 Å². The molecular formula is C17H29IN4S. The fraction of sp³-hybridized carbons (Fsp3) is 0.765. The van der Waals surface area contributed by atoms with Gasteiger partial charge in [0, 0.05) is 44.2 Å². The van der Waals surface area contributed by atoms with E-state index in [2.05, 4.69) is 27.1 Å². The van der Waals surface area contributed by atoms with Crippen LogP contribution >= 0.6 is 35.3 Å². The van der Waals surface area contributed by atoms with Gasteiger partial charge in [0.15, 0.2) is 5.96 Å². The summed E-state index contributed by atoms with van der Waals surface area (Å²) in [6.45, 7) is 5.50. The number of thiazole rings is 1. The van der Waals surface area contributed by atoms with Crippen molar-refractivity contribution in [3.63, 3.8) is 0 Å². The second-order valence-corrected chi connectivity index (χ2v) is 7.71. The Morgan fingerprint density at radius 2 is 2.04 bits per heavy atom. The van der Waals surface area contributed by atoms with E-state index < -0.39 is 0 Å². The molecule has 0 amide bonds. The summed E-state index contributed by atoms with van der Waals surface area (Å²) in [6.07, 6.45) is 9.76. The summed E-state index contributed by atoms with van der Waals surface area (Å²) in [5.41, 5.74) is 0. The van der Waals surface area contributed by atoms with Gasteiger partial charge in [-0.1, -0.05) is 19.8 Å². The standard InChI is InChI=1S/C17H28N4S.HI/c1-3-15-10-20-16(22-15)8-9-19-17(18-2)21-11-13-6-4-5-7-14(13)12-21;/h10,13-14H,3-9,11-12H2,1-2H3,(H,18,19);1H. The number of guanidine groups is 1. The number of nitrogens with zero attached hydrogens (tertiary/aromatic N) is 3. The predicted molar refractivity (Wildman–Crippen MR) is 109 cm³/mol. The average molecular weight is 448 g/mol. The third kappa shape index (κ3) is 4.81. The van der Waals surface area contributed by atoms with Crippen LogP contribution in [0.15, 0.2) is 11.2 Å². The highest BCUT2D eigenvalue weighted by molar-refractivity contribution is 14.0. The normalized spacial score (nSPS) is 24.3. The zero-order chi connectivity index (χ0) is 15.4. The molecule has 0 bridgehead atoms. The Kier molecular flexibility index (Phi) is 7.59. The number of aryl methyl sites for hydroxylation is 1. The molecule has 1 aliphatic carbocycles.